The van der Waals surface area contributed by atoms with Crippen molar-refractivity contribution < 1.29 is 18.4 Å². The Morgan fingerprint density at radius 3 is 2.20 bits per heavy atom. The minimum Gasteiger partial charge on any atom is -0.494 e. The molecule has 2 rings (SSSR count). The van der Waals surface area contributed by atoms with Gasteiger partial charge in [0, 0.05) is 0 Å². The largest absolute Gasteiger partial charge is 0.495 e. The summed E-state index contributed by atoms with van der Waals surface area (Å²) in [6.45, 7) is 7.72. The first-order valence-electron chi connectivity index (χ1n) is 6.35. The van der Waals surface area contributed by atoms with E-state index in [1.807, 2.05) is 33.8 Å². The molecular weight excluding hydrogens is 260 g/mol. The van der Waals surface area contributed by atoms with Crippen LogP contribution in [0.15, 0.2) is 12.1 Å². The van der Waals surface area contributed by atoms with E-state index in [1.165, 1.54) is 19.2 Å². The van der Waals surface area contributed by atoms with Gasteiger partial charge in [-0.1, -0.05) is 0 Å². The fraction of sp³-hybridized carbons (Fsp3) is 0.500. The molecule has 0 bridgehead atoms. The molecule has 1 heterocycles. The van der Waals surface area contributed by atoms with Crippen LogP contribution < -0.4 is 10.2 Å². The van der Waals surface area contributed by atoms with Crippen molar-refractivity contribution in [2.75, 3.05) is 7.11 Å². The van der Waals surface area contributed by atoms with Crippen molar-refractivity contribution in [1.29, 1.82) is 5.26 Å². The van der Waals surface area contributed by atoms with E-state index in [0.29, 0.717) is 5.46 Å². The van der Waals surface area contributed by atoms with Crippen molar-refractivity contribution >= 4 is 12.6 Å². The zero-order valence-corrected chi connectivity index (χ0v) is 12.3. The van der Waals surface area contributed by atoms with Gasteiger partial charge in [0.05, 0.1) is 23.9 Å². The second-order valence-corrected chi connectivity index (χ2v) is 5.78. The van der Waals surface area contributed by atoms with Crippen LogP contribution in [0.4, 0.5) is 4.39 Å². The average molecular weight is 277 g/mol. The van der Waals surface area contributed by atoms with Crippen LogP contribution in [0.5, 0.6) is 5.75 Å². The molecule has 0 spiro atoms. The standard InChI is InChI=1S/C14H17BFNO3/c1-13(2)14(3,4)20-15(19-13)10-6-9(8-17)12(16)11(7-10)18-5/h6-7H,1-5H3. The van der Waals surface area contributed by atoms with E-state index in [2.05, 4.69) is 0 Å². The molecular formula is C14H17BFNO3. The van der Waals surface area contributed by atoms with Gasteiger partial charge in [-0.2, -0.15) is 5.26 Å². The topological polar surface area (TPSA) is 51.5 Å². The Kier molecular flexibility index (Phi) is 3.53. The van der Waals surface area contributed by atoms with Gasteiger partial charge in [0.2, 0.25) is 0 Å². The summed E-state index contributed by atoms with van der Waals surface area (Å²) in [5.41, 5.74) is -0.509. The Labute approximate surface area is 118 Å². The van der Waals surface area contributed by atoms with Crippen molar-refractivity contribution in [3.63, 3.8) is 0 Å². The lowest BCUT2D eigenvalue weighted by Crippen LogP contribution is -2.41. The highest BCUT2D eigenvalue weighted by Gasteiger charge is 2.51. The third-order valence-corrected chi connectivity index (χ3v) is 3.93. The Morgan fingerprint density at radius 2 is 1.75 bits per heavy atom. The van der Waals surface area contributed by atoms with Crippen LogP contribution >= 0.6 is 0 Å². The van der Waals surface area contributed by atoms with Crippen LogP contribution in [0.25, 0.3) is 0 Å². The van der Waals surface area contributed by atoms with Gasteiger partial charge in [0.25, 0.3) is 0 Å². The molecule has 0 unspecified atom stereocenters. The lowest BCUT2D eigenvalue weighted by atomic mass is 9.78. The summed E-state index contributed by atoms with van der Waals surface area (Å²) in [6, 6.07) is 4.74. The minimum atomic E-state index is -0.671. The lowest BCUT2D eigenvalue weighted by molar-refractivity contribution is 0.00578. The molecule has 4 nitrogen and oxygen atoms in total. The predicted molar refractivity (Wildman–Crippen MR) is 73.4 cm³/mol. The normalized spacial score (nSPS) is 19.8. The van der Waals surface area contributed by atoms with Crippen LogP contribution in [-0.2, 0) is 9.31 Å². The van der Waals surface area contributed by atoms with Gasteiger partial charge < -0.3 is 14.0 Å². The molecule has 6 heteroatoms. The smallest absolute Gasteiger partial charge is 0.494 e. The molecule has 0 aromatic heterocycles. The van der Waals surface area contributed by atoms with E-state index in [0.717, 1.165) is 0 Å². The Bertz CT molecular complexity index is 565. The number of nitrogens with zero attached hydrogens (tertiary/aromatic N) is 1. The lowest BCUT2D eigenvalue weighted by Gasteiger charge is -2.32. The molecule has 1 aliphatic heterocycles. The summed E-state index contributed by atoms with van der Waals surface area (Å²) in [5, 5.41) is 8.98. The van der Waals surface area contributed by atoms with Gasteiger partial charge in [0.1, 0.15) is 6.07 Å². The molecule has 0 radical (unpaired) electrons. The van der Waals surface area contributed by atoms with E-state index in [-0.39, 0.29) is 11.3 Å². The molecule has 0 amide bonds. The second kappa shape index (κ2) is 4.76. The molecule has 0 aliphatic carbocycles. The van der Waals surface area contributed by atoms with Gasteiger partial charge in [-0.05, 0) is 45.3 Å². The predicted octanol–water partition coefficient (Wildman–Crippen LogP) is 2.01. The van der Waals surface area contributed by atoms with E-state index >= 15 is 0 Å². The molecule has 1 aromatic rings. The van der Waals surface area contributed by atoms with E-state index in [4.69, 9.17) is 19.3 Å². The monoisotopic (exact) mass is 277 g/mol. The summed E-state index contributed by atoms with van der Waals surface area (Å²) < 4.78 is 30.5. The van der Waals surface area contributed by atoms with Gasteiger partial charge in [-0.3, -0.25) is 0 Å². The van der Waals surface area contributed by atoms with Crippen molar-refractivity contribution in [3.8, 4) is 11.8 Å². The number of rotatable bonds is 2. The van der Waals surface area contributed by atoms with E-state index in [1.54, 1.807) is 0 Å². The van der Waals surface area contributed by atoms with Crippen LogP contribution in [0.1, 0.15) is 33.3 Å². The number of hydrogen-bond acceptors (Lipinski definition) is 4. The van der Waals surface area contributed by atoms with E-state index < -0.39 is 24.1 Å². The fourth-order valence-corrected chi connectivity index (χ4v) is 1.96. The quantitative estimate of drug-likeness (QED) is 0.776. The van der Waals surface area contributed by atoms with Gasteiger partial charge in [0.15, 0.2) is 11.6 Å². The first kappa shape index (κ1) is 14.8. The maximum atomic E-state index is 13.8. The average Bonchev–Trinajstić information content (AvgIpc) is 2.58. The van der Waals surface area contributed by atoms with Gasteiger partial charge >= 0.3 is 7.12 Å². The summed E-state index contributed by atoms with van der Waals surface area (Å²) >= 11 is 0. The third kappa shape index (κ3) is 2.28. The zero-order chi connectivity index (χ0) is 15.1. The molecule has 106 valence electrons. The molecule has 1 aromatic carbocycles. The van der Waals surface area contributed by atoms with E-state index in [9.17, 15) is 4.39 Å². The maximum absolute atomic E-state index is 13.8. The molecule has 1 fully saturated rings. The SMILES string of the molecule is COc1cc(B2OC(C)(C)C(C)(C)O2)cc(C#N)c1F. The van der Waals surface area contributed by atoms with Crippen molar-refractivity contribution in [3.05, 3.63) is 23.5 Å². The minimum absolute atomic E-state index is 0.00811. The van der Waals surface area contributed by atoms with Crippen LogP contribution in [0, 0.1) is 17.1 Å². The number of nitriles is 1. The molecule has 0 saturated carbocycles. The summed E-state index contributed by atoms with van der Waals surface area (Å²) in [6.07, 6.45) is 0. The molecule has 1 saturated heterocycles. The second-order valence-electron chi connectivity index (χ2n) is 5.78. The van der Waals surface area contributed by atoms with Crippen LogP contribution in [-0.4, -0.2) is 25.4 Å². The van der Waals surface area contributed by atoms with Crippen LogP contribution in [0.2, 0.25) is 0 Å². The highest BCUT2D eigenvalue weighted by molar-refractivity contribution is 6.62. The summed E-state index contributed by atoms with van der Waals surface area (Å²) in [4.78, 5) is 0. The fourth-order valence-electron chi connectivity index (χ4n) is 1.96. The van der Waals surface area contributed by atoms with Crippen LogP contribution in [0.3, 0.4) is 0 Å². The Hall–Kier alpha value is -1.58. The molecule has 20 heavy (non-hydrogen) atoms. The molecule has 0 N–H and O–H groups in total. The third-order valence-electron chi connectivity index (χ3n) is 3.93. The molecule has 0 atom stereocenters. The van der Waals surface area contributed by atoms with Crippen molar-refractivity contribution in [2.24, 2.45) is 0 Å². The highest BCUT2D eigenvalue weighted by Crippen LogP contribution is 2.36. The zero-order valence-electron chi connectivity index (χ0n) is 12.3. The Morgan fingerprint density at radius 1 is 1.20 bits per heavy atom. The number of halogens is 1. The number of methoxy groups -OCH3 is 1. The van der Waals surface area contributed by atoms with Gasteiger partial charge in [-0.25, -0.2) is 4.39 Å². The number of hydrogen-bond donors (Lipinski definition) is 0. The highest BCUT2D eigenvalue weighted by atomic mass is 19.1. The van der Waals surface area contributed by atoms with Gasteiger partial charge in [-0.15, -0.1) is 0 Å². The van der Waals surface area contributed by atoms with Crippen molar-refractivity contribution in [1.82, 2.24) is 0 Å². The summed E-state index contributed by atoms with van der Waals surface area (Å²) in [7, 11) is 0.703. The first-order chi connectivity index (χ1) is 9.21. The molecule has 1 aliphatic rings. The number of ether oxygens (including phenoxy) is 1. The number of benzene rings is 1. The maximum Gasteiger partial charge on any atom is 0.495 e. The Balaban J connectivity index is 2.43. The summed E-state index contributed by atoms with van der Waals surface area (Å²) in [5.74, 6) is -0.663. The first-order valence-corrected chi connectivity index (χ1v) is 6.35. The van der Waals surface area contributed by atoms with Crippen molar-refractivity contribution in [2.45, 2.75) is 38.9 Å².